The summed E-state index contributed by atoms with van der Waals surface area (Å²) >= 11 is 0. The van der Waals surface area contributed by atoms with Crippen LogP contribution >= 0.6 is 0 Å². The van der Waals surface area contributed by atoms with E-state index in [1.807, 2.05) is 0 Å². The number of benzene rings is 1. The summed E-state index contributed by atoms with van der Waals surface area (Å²) in [4.78, 5) is 9.32. The molecule has 0 N–H and O–H groups in total. The Bertz CT molecular complexity index is 711. The zero-order valence-electron chi connectivity index (χ0n) is 20.1. The lowest BCUT2D eigenvalue weighted by atomic mass is 9.78. The molecule has 1 aliphatic carbocycles. The van der Waals surface area contributed by atoms with Crippen molar-refractivity contribution in [3.63, 3.8) is 0 Å². The number of hydrogen-bond acceptors (Lipinski definition) is 2. The molecule has 31 heavy (non-hydrogen) atoms. The van der Waals surface area contributed by atoms with Crippen LogP contribution in [0.25, 0.3) is 11.4 Å². The maximum atomic E-state index is 4.66. The van der Waals surface area contributed by atoms with Gasteiger partial charge in [-0.05, 0) is 48.6 Å². The minimum Gasteiger partial charge on any atom is -0.236 e. The number of rotatable bonds is 13. The maximum absolute atomic E-state index is 4.66. The van der Waals surface area contributed by atoms with Gasteiger partial charge in [0.25, 0.3) is 0 Å². The van der Waals surface area contributed by atoms with E-state index in [1.165, 1.54) is 94.6 Å². The van der Waals surface area contributed by atoms with E-state index in [1.54, 1.807) is 0 Å². The average molecular weight is 421 g/mol. The molecule has 2 aromatic rings. The Morgan fingerprint density at radius 3 is 1.90 bits per heavy atom. The van der Waals surface area contributed by atoms with Crippen LogP contribution in [0.5, 0.6) is 0 Å². The second kappa shape index (κ2) is 13.7. The Morgan fingerprint density at radius 2 is 1.26 bits per heavy atom. The lowest BCUT2D eigenvalue weighted by molar-refractivity contribution is 0.248. The van der Waals surface area contributed by atoms with Crippen LogP contribution in [0, 0.1) is 11.8 Å². The van der Waals surface area contributed by atoms with Crippen molar-refractivity contribution in [2.75, 3.05) is 0 Å². The zero-order valence-corrected chi connectivity index (χ0v) is 20.1. The van der Waals surface area contributed by atoms with Crippen LogP contribution in [0.3, 0.4) is 0 Å². The van der Waals surface area contributed by atoms with Gasteiger partial charge in [0, 0.05) is 18.0 Å². The molecule has 1 heterocycles. The molecule has 1 aromatic heterocycles. The van der Waals surface area contributed by atoms with E-state index in [0.29, 0.717) is 0 Å². The number of aromatic nitrogens is 2. The second-order valence-electron chi connectivity index (χ2n) is 9.84. The Hall–Kier alpha value is -1.70. The summed E-state index contributed by atoms with van der Waals surface area (Å²) in [5.74, 6) is 2.77. The number of unbranched alkanes of at least 4 members (excludes halogenated alkanes) is 5. The number of hydrogen-bond donors (Lipinski definition) is 0. The SMILES string of the molecule is CCCCCCCC1CCC(CCc2cnc(-c3ccc(CCCC)cc3)nc2)CC1. The first-order valence-electron chi connectivity index (χ1n) is 13.2. The standard InChI is InChI=1S/C29H44N2/c1-3-5-7-8-9-11-25-12-14-26(15-13-25)16-17-27-22-30-29(31-23-27)28-20-18-24(19-21-28)10-6-4-2/h18-23,25-26H,3-17H2,1-2H3. The van der Waals surface area contributed by atoms with E-state index < -0.39 is 0 Å². The van der Waals surface area contributed by atoms with Gasteiger partial charge in [0.15, 0.2) is 5.82 Å². The van der Waals surface area contributed by atoms with Crippen LogP contribution in [-0.4, -0.2) is 9.97 Å². The van der Waals surface area contributed by atoms with Gasteiger partial charge in [-0.15, -0.1) is 0 Å². The van der Waals surface area contributed by atoms with Gasteiger partial charge < -0.3 is 0 Å². The van der Waals surface area contributed by atoms with E-state index in [-0.39, 0.29) is 0 Å². The minimum absolute atomic E-state index is 0.852. The molecular weight excluding hydrogens is 376 g/mol. The van der Waals surface area contributed by atoms with Gasteiger partial charge in [0.1, 0.15) is 0 Å². The Balaban J connectivity index is 1.36. The van der Waals surface area contributed by atoms with Crippen molar-refractivity contribution in [2.45, 2.75) is 110 Å². The molecule has 2 heteroatoms. The van der Waals surface area contributed by atoms with E-state index in [0.717, 1.165) is 36.1 Å². The largest absolute Gasteiger partial charge is 0.236 e. The van der Waals surface area contributed by atoms with Gasteiger partial charge in [-0.3, -0.25) is 0 Å². The second-order valence-corrected chi connectivity index (χ2v) is 9.84. The van der Waals surface area contributed by atoms with Crippen molar-refractivity contribution in [2.24, 2.45) is 11.8 Å². The van der Waals surface area contributed by atoms with E-state index in [9.17, 15) is 0 Å². The third-order valence-corrected chi connectivity index (χ3v) is 7.26. The smallest absolute Gasteiger partial charge is 0.159 e. The van der Waals surface area contributed by atoms with Crippen LogP contribution in [0.1, 0.15) is 108 Å². The Morgan fingerprint density at radius 1 is 0.645 bits per heavy atom. The molecule has 3 rings (SSSR count). The fraction of sp³-hybridized carbons (Fsp3) is 0.655. The summed E-state index contributed by atoms with van der Waals surface area (Å²) < 4.78 is 0. The van der Waals surface area contributed by atoms with E-state index in [4.69, 9.17) is 0 Å². The highest BCUT2D eigenvalue weighted by Gasteiger charge is 2.20. The van der Waals surface area contributed by atoms with Gasteiger partial charge in [0.2, 0.25) is 0 Å². The molecule has 0 aliphatic heterocycles. The van der Waals surface area contributed by atoms with Crippen LogP contribution in [-0.2, 0) is 12.8 Å². The first-order valence-corrected chi connectivity index (χ1v) is 13.2. The zero-order chi connectivity index (χ0) is 21.7. The van der Waals surface area contributed by atoms with Crippen molar-refractivity contribution in [1.29, 1.82) is 0 Å². The van der Waals surface area contributed by atoms with Gasteiger partial charge in [0.05, 0.1) is 0 Å². The van der Waals surface area contributed by atoms with Crippen molar-refractivity contribution in [1.82, 2.24) is 9.97 Å². The summed E-state index contributed by atoms with van der Waals surface area (Å²) in [6, 6.07) is 8.79. The molecule has 0 radical (unpaired) electrons. The maximum Gasteiger partial charge on any atom is 0.159 e. The predicted octanol–water partition coefficient (Wildman–Crippen LogP) is 8.59. The van der Waals surface area contributed by atoms with E-state index in [2.05, 4.69) is 60.5 Å². The quantitative estimate of drug-likeness (QED) is 0.303. The van der Waals surface area contributed by atoms with Crippen molar-refractivity contribution < 1.29 is 0 Å². The highest BCUT2D eigenvalue weighted by Crippen LogP contribution is 2.34. The number of aryl methyl sites for hydroxylation is 2. The molecule has 0 bridgehead atoms. The average Bonchev–Trinajstić information content (AvgIpc) is 2.83. The van der Waals surface area contributed by atoms with Crippen molar-refractivity contribution in [3.05, 3.63) is 47.8 Å². The van der Waals surface area contributed by atoms with Gasteiger partial charge >= 0.3 is 0 Å². The third-order valence-electron chi connectivity index (χ3n) is 7.26. The molecule has 1 aliphatic rings. The number of nitrogens with zero attached hydrogens (tertiary/aromatic N) is 2. The first kappa shape index (κ1) is 24.0. The highest BCUT2D eigenvalue weighted by atomic mass is 14.9. The highest BCUT2D eigenvalue weighted by molar-refractivity contribution is 5.55. The Kier molecular flexibility index (Phi) is 10.6. The molecule has 1 fully saturated rings. The molecule has 0 amide bonds. The van der Waals surface area contributed by atoms with Crippen molar-refractivity contribution in [3.8, 4) is 11.4 Å². The molecule has 0 spiro atoms. The third kappa shape index (κ3) is 8.39. The fourth-order valence-electron chi connectivity index (χ4n) is 5.05. The lowest BCUT2D eigenvalue weighted by Crippen LogP contribution is -2.15. The van der Waals surface area contributed by atoms with Crippen LogP contribution in [0.4, 0.5) is 0 Å². The van der Waals surface area contributed by atoms with E-state index >= 15 is 0 Å². The van der Waals surface area contributed by atoms with Crippen LogP contribution in [0.15, 0.2) is 36.7 Å². The summed E-state index contributed by atoms with van der Waals surface area (Å²) in [5, 5.41) is 0. The fourth-order valence-corrected chi connectivity index (χ4v) is 5.05. The van der Waals surface area contributed by atoms with Crippen LogP contribution < -0.4 is 0 Å². The Labute approximate surface area is 191 Å². The minimum atomic E-state index is 0.852. The topological polar surface area (TPSA) is 25.8 Å². The summed E-state index contributed by atoms with van der Waals surface area (Å²) in [5.41, 5.74) is 3.83. The molecule has 0 atom stereocenters. The van der Waals surface area contributed by atoms with Crippen LogP contribution in [0.2, 0.25) is 0 Å². The van der Waals surface area contributed by atoms with Gasteiger partial charge in [-0.1, -0.05) is 109 Å². The molecule has 1 saturated carbocycles. The van der Waals surface area contributed by atoms with Gasteiger partial charge in [-0.2, -0.15) is 0 Å². The molecular formula is C29H44N2. The summed E-state index contributed by atoms with van der Waals surface area (Å²) in [6.45, 7) is 4.54. The molecule has 2 nitrogen and oxygen atoms in total. The summed E-state index contributed by atoms with van der Waals surface area (Å²) in [7, 11) is 0. The predicted molar refractivity (Wildman–Crippen MR) is 133 cm³/mol. The monoisotopic (exact) mass is 420 g/mol. The molecule has 0 unspecified atom stereocenters. The first-order chi connectivity index (χ1) is 15.3. The van der Waals surface area contributed by atoms with Crippen molar-refractivity contribution >= 4 is 0 Å². The lowest BCUT2D eigenvalue weighted by Gasteiger charge is -2.28. The molecule has 0 saturated heterocycles. The molecule has 170 valence electrons. The van der Waals surface area contributed by atoms with Gasteiger partial charge in [-0.25, -0.2) is 9.97 Å². The summed E-state index contributed by atoms with van der Waals surface area (Å²) in [6.07, 6.45) is 24.6. The molecule has 1 aromatic carbocycles. The normalized spacial score (nSPS) is 18.9.